The number of hydrogen-bond acceptors (Lipinski definition) is 2. The van der Waals surface area contributed by atoms with Crippen molar-refractivity contribution < 1.29 is 4.79 Å². The maximum atomic E-state index is 12.8. The highest BCUT2D eigenvalue weighted by atomic mass is 16.2. The number of amides is 1. The first-order chi connectivity index (χ1) is 10.7. The van der Waals surface area contributed by atoms with E-state index in [1.807, 2.05) is 0 Å². The van der Waals surface area contributed by atoms with Crippen LogP contribution in [-0.2, 0) is 4.79 Å². The van der Waals surface area contributed by atoms with E-state index in [9.17, 15) is 4.79 Å². The van der Waals surface area contributed by atoms with Gasteiger partial charge in [0.05, 0.1) is 5.41 Å². The molecule has 0 heterocycles. The van der Waals surface area contributed by atoms with E-state index >= 15 is 0 Å². The third-order valence-electron chi connectivity index (χ3n) is 7.74. The highest BCUT2D eigenvalue weighted by Crippen LogP contribution is 2.60. The first-order valence-corrected chi connectivity index (χ1v) is 9.54. The molecule has 6 aliphatic carbocycles. The minimum atomic E-state index is -0.0548. The Bertz CT molecular complexity index is 476. The molecule has 6 saturated carbocycles. The summed E-state index contributed by atoms with van der Waals surface area (Å²) in [5.41, 5.74) is 2.90. The SMILES string of the molecule is O=C(N/N=C/C1CC2CCC1C2)C12CC3CC(CC(C3)C1)C2. The summed E-state index contributed by atoms with van der Waals surface area (Å²) in [5, 5.41) is 4.40. The molecule has 22 heavy (non-hydrogen) atoms. The molecule has 3 heteroatoms. The van der Waals surface area contributed by atoms with Crippen LogP contribution in [0, 0.1) is 40.9 Å². The zero-order valence-corrected chi connectivity index (χ0v) is 13.5. The van der Waals surface area contributed by atoms with Gasteiger partial charge < -0.3 is 0 Å². The third kappa shape index (κ3) is 2.07. The standard InChI is InChI=1S/C19H28N2O/c22-18(21-20-11-17-7-12-1-2-16(17)6-12)19-8-13-3-14(9-19)5-15(4-13)10-19/h11-17H,1-10H2,(H,21,22)/b20-11+. The van der Waals surface area contributed by atoms with Gasteiger partial charge in [-0.15, -0.1) is 0 Å². The van der Waals surface area contributed by atoms with Crippen molar-refractivity contribution in [3.05, 3.63) is 0 Å². The van der Waals surface area contributed by atoms with Crippen LogP contribution in [0.2, 0.25) is 0 Å². The Morgan fingerprint density at radius 1 is 0.909 bits per heavy atom. The maximum absolute atomic E-state index is 12.8. The van der Waals surface area contributed by atoms with Gasteiger partial charge in [-0.2, -0.15) is 5.10 Å². The number of hydrazone groups is 1. The van der Waals surface area contributed by atoms with E-state index in [-0.39, 0.29) is 11.3 Å². The Kier molecular flexibility index (Phi) is 2.97. The van der Waals surface area contributed by atoms with Gasteiger partial charge in [-0.3, -0.25) is 4.79 Å². The molecule has 3 atom stereocenters. The van der Waals surface area contributed by atoms with Crippen molar-refractivity contribution in [2.45, 2.75) is 64.2 Å². The van der Waals surface area contributed by atoms with Gasteiger partial charge in [0.1, 0.15) is 0 Å². The van der Waals surface area contributed by atoms with E-state index < -0.39 is 0 Å². The molecular formula is C19H28N2O. The summed E-state index contributed by atoms with van der Waals surface area (Å²) < 4.78 is 0. The molecule has 3 unspecified atom stereocenters. The highest BCUT2D eigenvalue weighted by molar-refractivity contribution is 5.83. The smallest absolute Gasteiger partial charge is 0.246 e. The average Bonchev–Trinajstić information content (AvgIpc) is 3.08. The molecule has 1 amide bonds. The van der Waals surface area contributed by atoms with E-state index in [0.29, 0.717) is 5.92 Å². The first kappa shape index (κ1) is 13.6. The maximum Gasteiger partial charge on any atom is 0.246 e. The van der Waals surface area contributed by atoms with Crippen LogP contribution in [0.5, 0.6) is 0 Å². The topological polar surface area (TPSA) is 41.5 Å². The monoisotopic (exact) mass is 300 g/mol. The lowest BCUT2D eigenvalue weighted by Gasteiger charge is -2.55. The van der Waals surface area contributed by atoms with Gasteiger partial charge in [-0.05, 0) is 93.3 Å². The Morgan fingerprint density at radius 3 is 2.14 bits per heavy atom. The fraction of sp³-hybridized carbons (Fsp3) is 0.895. The molecule has 0 saturated heterocycles. The molecule has 0 radical (unpaired) electrons. The minimum absolute atomic E-state index is 0.0548. The lowest BCUT2D eigenvalue weighted by atomic mass is 9.49. The van der Waals surface area contributed by atoms with Gasteiger partial charge in [0.15, 0.2) is 0 Å². The van der Waals surface area contributed by atoms with Crippen molar-refractivity contribution in [3.8, 4) is 0 Å². The first-order valence-electron chi connectivity index (χ1n) is 9.54. The molecular weight excluding hydrogens is 272 g/mol. The van der Waals surface area contributed by atoms with Crippen molar-refractivity contribution in [1.82, 2.24) is 5.43 Å². The summed E-state index contributed by atoms with van der Waals surface area (Å²) in [6, 6.07) is 0. The van der Waals surface area contributed by atoms with Crippen LogP contribution in [0.15, 0.2) is 5.10 Å². The quantitative estimate of drug-likeness (QED) is 0.626. The number of nitrogens with zero attached hydrogens (tertiary/aromatic N) is 1. The molecule has 0 aromatic carbocycles. The van der Waals surface area contributed by atoms with Gasteiger partial charge in [0, 0.05) is 6.21 Å². The minimum Gasteiger partial charge on any atom is -0.273 e. The Labute approximate surface area is 133 Å². The van der Waals surface area contributed by atoms with Gasteiger partial charge in [-0.25, -0.2) is 5.43 Å². The number of hydrogen-bond donors (Lipinski definition) is 1. The lowest BCUT2D eigenvalue weighted by Crippen LogP contribution is -2.52. The normalized spacial score (nSPS) is 51.8. The average molecular weight is 300 g/mol. The Balaban J connectivity index is 1.24. The second-order valence-corrected chi connectivity index (χ2v) is 9.26. The number of rotatable bonds is 3. The molecule has 6 rings (SSSR count). The summed E-state index contributed by atoms with van der Waals surface area (Å²) in [5.74, 6) is 5.15. The fourth-order valence-electron chi connectivity index (χ4n) is 7.18. The van der Waals surface area contributed by atoms with Crippen molar-refractivity contribution in [2.24, 2.45) is 46.0 Å². The van der Waals surface area contributed by atoms with Crippen LogP contribution in [0.3, 0.4) is 0 Å². The number of fused-ring (bicyclic) bond motifs is 2. The molecule has 6 fully saturated rings. The van der Waals surface area contributed by atoms with Gasteiger partial charge in [0.2, 0.25) is 5.91 Å². The largest absolute Gasteiger partial charge is 0.273 e. The molecule has 0 aliphatic heterocycles. The molecule has 1 N–H and O–H groups in total. The Hall–Kier alpha value is -0.860. The summed E-state index contributed by atoms with van der Waals surface area (Å²) in [7, 11) is 0. The summed E-state index contributed by atoms with van der Waals surface area (Å²) in [4.78, 5) is 12.8. The summed E-state index contributed by atoms with van der Waals surface area (Å²) in [6.45, 7) is 0. The second-order valence-electron chi connectivity index (χ2n) is 9.26. The van der Waals surface area contributed by atoms with Crippen LogP contribution in [-0.4, -0.2) is 12.1 Å². The van der Waals surface area contributed by atoms with Crippen molar-refractivity contribution in [3.63, 3.8) is 0 Å². The molecule has 120 valence electrons. The zero-order chi connectivity index (χ0) is 14.7. The molecule has 6 bridgehead atoms. The molecule has 0 aromatic rings. The number of carbonyl (C=O) groups is 1. The zero-order valence-electron chi connectivity index (χ0n) is 13.5. The summed E-state index contributed by atoms with van der Waals surface area (Å²) >= 11 is 0. The van der Waals surface area contributed by atoms with E-state index in [1.54, 1.807) is 0 Å². The number of carbonyl (C=O) groups excluding carboxylic acids is 1. The van der Waals surface area contributed by atoms with E-state index in [1.165, 1.54) is 44.9 Å². The van der Waals surface area contributed by atoms with Gasteiger partial charge in [-0.1, -0.05) is 6.42 Å². The van der Waals surface area contributed by atoms with Crippen LogP contribution in [0.1, 0.15) is 64.2 Å². The third-order valence-corrected chi connectivity index (χ3v) is 7.74. The van der Waals surface area contributed by atoms with E-state index in [0.717, 1.165) is 48.9 Å². The molecule has 3 nitrogen and oxygen atoms in total. The van der Waals surface area contributed by atoms with Crippen LogP contribution in [0.4, 0.5) is 0 Å². The molecule has 0 aromatic heterocycles. The van der Waals surface area contributed by atoms with Crippen molar-refractivity contribution in [2.75, 3.05) is 0 Å². The van der Waals surface area contributed by atoms with Gasteiger partial charge in [0.25, 0.3) is 0 Å². The summed E-state index contributed by atoms with van der Waals surface area (Å²) in [6.07, 6.45) is 15.2. The van der Waals surface area contributed by atoms with Crippen LogP contribution >= 0.6 is 0 Å². The second kappa shape index (κ2) is 4.82. The predicted molar refractivity (Wildman–Crippen MR) is 86.2 cm³/mol. The van der Waals surface area contributed by atoms with Crippen LogP contribution in [0.25, 0.3) is 0 Å². The fourth-order valence-corrected chi connectivity index (χ4v) is 7.18. The van der Waals surface area contributed by atoms with Crippen molar-refractivity contribution >= 4 is 12.1 Å². The predicted octanol–water partition coefficient (Wildman–Crippen LogP) is 3.74. The molecule has 0 spiro atoms. The molecule has 6 aliphatic rings. The van der Waals surface area contributed by atoms with Crippen LogP contribution < -0.4 is 5.43 Å². The van der Waals surface area contributed by atoms with E-state index in [2.05, 4.69) is 16.7 Å². The lowest BCUT2D eigenvalue weighted by molar-refractivity contribution is -0.146. The Morgan fingerprint density at radius 2 is 1.59 bits per heavy atom. The highest BCUT2D eigenvalue weighted by Gasteiger charge is 2.54. The van der Waals surface area contributed by atoms with Crippen molar-refractivity contribution in [1.29, 1.82) is 0 Å². The number of nitrogens with one attached hydrogen (secondary N) is 1. The van der Waals surface area contributed by atoms with Gasteiger partial charge >= 0.3 is 0 Å². The van der Waals surface area contributed by atoms with E-state index in [4.69, 9.17) is 0 Å².